The minimum Gasteiger partial charge on any atom is -0.308 e. The van der Waals surface area contributed by atoms with Crippen LogP contribution in [0.1, 0.15) is 36.5 Å². The summed E-state index contributed by atoms with van der Waals surface area (Å²) in [5, 5.41) is 3.95. The van der Waals surface area contributed by atoms with Gasteiger partial charge in [-0.25, -0.2) is 14.4 Å². The largest absolute Gasteiger partial charge is 0.308 e. The van der Waals surface area contributed by atoms with Crippen molar-refractivity contribution in [1.29, 1.82) is 0 Å². The number of hydrogen-bond donors (Lipinski definition) is 1. The highest BCUT2D eigenvalue weighted by Crippen LogP contribution is 2.22. The Labute approximate surface area is 129 Å². The highest BCUT2D eigenvalue weighted by Gasteiger charge is 2.16. The summed E-state index contributed by atoms with van der Waals surface area (Å²) >= 11 is 5.96. The van der Waals surface area contributed by atoms with Gasteiger partial charge in [-0.1, -0.05) is 18.5 Å². The molecule has 0 amide bonds. The summed E-state index contributed by atoms with van der Waals surface area (Å²) in [7, 11) is 0. The minimum absolute atomic E-state index is 0.0559. The molecular formula is C16H19ClFN3. The Morgan fingerprint density at radius 2 is 2.14 bits per heavy atom. The van der Waals surface area contributed by atoms with Crippen LogP contribution in [0.3, 0.4) is 0 Å². The van der Waals surface area contributed by atoms with Crippen LogP contribution in [0.5, 0.6) is 0 Å². The molecule has 112 valence electrons. The zero-order valence-corrected chi connectivity index (χ0v) is 13.0. The molecule has 0 saturated carbocycles. The van der Waals surface area contributed by atoms with Gasteiger partial charge in [-0.05, 0) is 56.1 Å². The first kappa shape index (κ1) is 15.9. The Morgan fingerprint density at radius 3 is 2.86 bits per heavy atom. The Balaban J connectivity index is 2.25. The van der Waals surface area contributed by atoms with Gasteiger partial charge < -0.3 is 5.32 Å². The van der Waals surface area contributed by atoms with Crippen molar-refractivity contribution in [3.63, 3.8) is 0 Å². The zero-order chi connectivity index (χ0) is 15.2. The fourth-order valence-electron chi connectivity index (χ4n) is 2.19. The molecule has 1 aromatic heterocycles. The van der Waals surface area contributed by atoms with Crippen molar-refractivity contribution in [3.8, 4) is 0 Å². The number of nitrogens with one attached hydrogen (secondary N) is 1. The summed E-state index contributed by atoms with van der Waals surface area (Å²) in [5.41, 5.74) is 1.46. The summed E-state index contributed by atoms with van der Waals surface area (Å²) in [6.07, 6.45) is 3.23. The predicted octanol–water partition coefficient (Wildman–Crippen LogP) is 3.86. The molecule has 1 N–H and O–H groups in total. The van der Waals surface area contributed by atoms with E-state index in [1.54, 1.807) is 18.3 Å². The molecule has 21 heavy (non-hydrogen) atoms. The lowest BCUT2D eigenvalue weighted by molar-refractivity contribution is 0.501. The standard InChI is InChI=1S/C16H19ClFN3/c1-3-7-20-16(15-6-8-19-11(2)21-15)10-12-9-13(17)4-5-14(12)18/h4-6,8-9,16,20H,3,7,10H2,1-2H3. The SMILES string of the molecule is CCCNC(Cc1cc(Cl)ccc1F)c1ccnc(C)n1. The molecular weight excluding hydrogens is 289 g/mol. The monoisotopic (exact) mass is 307 g/mol. The molecule has 0 saturated heterocycles. The second-order valence-electron chi connectivity index (χ2n) is 4.98. The van der Waals surface area contributed by atoms with E-state index in [1.165, 1.54) is 6.07 Å². The average Bonchev–Trinajstić information content (AvgIpc) is 2.47. The van der Waals surface area contributed by atoms with Gasteiger partial charge in [-0.15, -0.1) is 0 Å². The van der Waals surface area contributed by atoms with Gasteiger partial charge in [-0.3, -0.25) is 0 Å². The normalized spacial score (nSPS) is 12.4. The third-order valence-electron chi connectivity index (χ3n) is 3.23. The predicted molar refractivity (Wildman–Crippen MR) is 82.9 cm³/mol. The molecule has 0 spiro atoms. The highest BCUT2D eigenvalue weighted by atomic mass is 35.5. The molecule has 1 unspecified atom stereocenters. The smallest absolute Gasteiger partial charge is 0.126 e. The van der Waals surface area contributed by atoms with Gasteiger partial charge in [0.1, 0.15) is 11.6 Å². The van der Waals surface area contributed by atoms with Crippen LogP contribution >= 0.6 is 11.6 Å². The number of nitrogens with zero attached hydrogens (tertiary/aromatic N) is 2. The molecule has 2 rings (SSSR count). The van der Waals surface area contributed by atoms with E-state index in [9.17, 15) is 4.39 Å². The van der Waals surface area contributed by atoms with Gasteiger partial charge in [0.05, 0.1) is 11.7 Å². The first-order valence-electron chi connectivity index (χ1n) is 7.07. The van der Waals surface area contributed by atoms with Crippen molar-refractivity contribution in [2.24, 2.45) is 0 Å². The number of benzene rings is 1. The van der Waals surface area contributed by atoms with E-state index in [4.69, 9.17) is 11.6 Å². The van der Waals surface area contributed by atoms with Gasteiger partial charge >= 0.3 is 0 Å². The van der Waals surface area contributed by atoms with Gasteiger partial charge in [0.25, 0.3) is 0 Å². The molecule has 0 aliphatic carbocycles. The second kappa shape index (κ2) is 7.48. The van der Waals surface area contributed by atoms with Crippen LogP contribution < -0.4 is 5.32 Å². The summed E-state index contributed by atoms with van der Waals surface area (Å²) in [6, 6.07) is 6.44. The van der Waals surface area contributed by atoms with E-state index in [0.717, 1.165) is 18.7 Å². The third kappa shape index (κ3) is 4.48. The third-order valence-corrected chi connectivity index (χ3v) is 3.46. The van der Waals surface area contributed by atoms with Crippen LogP contribution in [0.25, 0.3) is 0 Å². The number of aromatic nitrogens is 2. The van der Waals surface area contributed by atoms with E-state index in [0.29, 0.717) is 22.8 Å². The Morgan fingerprint density at radius 1 is 1.33 bits per heavy atom. The summed E-state index contributed by atoms with van der Waals surface area (Å²) in [6.45, 7) is 4.78. The van der Waals surface area contributed by atoms with Gasteiger partial charge in [0.2, 0.25) is 0 Å². The Hall–Kier alpha value is -1.52. The van der Waals surface area contributed by atoms with Crippen LogP contribution in [0.15, 0.2) is 30.5 Å². The van der Waals surface area contributed by atoms with Gasteiger partial charge in [0, 0.05) is 11.2 Å². The van der Waals surface area contributed by atoms with Crippen LogP contribution in [-0.2, 0) is 6.42 Å². The van der Waals surface area contributed by atoms with E-state index in [1.807, 2.05) is 13.0 Å². The average molecular weight is 308 g/mol. The number of hydrogen-bond acceptors (Lipinski definition) is 3. The maximum absolute atomic E-state index is 13.9. The van der Waals surface area contributed by atoms with Crippen molar-refractivity contribution in [2.45, 2.75) is 32.7 Å². The quantitative estimate of drug-likeness (QED) is 0.880. The van der Waals surface area contributed by atoms with Crippen molar-refractivity contribution in [1.82, 2.24) is 15.3 Å². The van der Waals surface area contributed by atoms with E-state index < -0.39 is 0 Å². The van der Waals surface area contributed by atoms with Gasteiger partial charge in [-0.2, -0.15) is 0 Å². The molecule has 0 radical (unpaired) electrons. The van der Waals surface area contributed by atoms with Gasteiger partial charge in [0.15, 0.2) is 0 Å². The van der Waals surface area contributed by atoms with Crippen LogP contribution in [0, 0.1) is 12.7 Å². The molecule has 1 aromatic carbocycles. The zero-order valence-electron chi connectivity index (χ0n) is 12.2. The van der Waals surface area contributed by atoms with E-state index in [2.05, 4.69) is 22.2 Å². The lowest BCUT2D eigenvalue weighted by Crippen LogP contribution is -2.25. The van der Waals surface area contributed by atoms with E-state index >= 15 is 0 Å². The molecule has 5 heteroatoms. The van der Waals surface area contributed by atoms with Crippen molar-refractivity contribution < 1.29 is 4.39 Å². The second-order valence-corrected chi connectivity index (χ2v) is 5.41. The number of aryl methyl sites for hydroxylation is 1. The van der Waals surface area contributed by atoms with Crippen LogP contribution in [0.4, 0.5) is 4.39 Å². The maximum atomic E-state index is 13.9. The van der Waals surface area contributed by atoms with Crippen LogP contribution in [0.2, 0.25) is 5.02 Å². The van der Waals surface area contributed by atoms with E-state index in [-0.39, 0.29) is 11.9 Å². The lowest BCUT2D eigenvalue weighted by Gasteiger charge is -2.19. The molecule has 2 aromatic rings. The summed E-state index contributed by atoms with van der Waals surface area (Å²) in [4.78, 5) is 8.55. The molecule has 0 fully saturated rings. The molecule has 1 heterocycles. The fraction of sp³-hybridized carbons (Fsp3) is 0.375. The molecule has 0 bridgehead atoms. The van der Waals surface area contributed by atoms with Crippen LogP contribution in [-0.4, -0.2) is 16.5 Å². The lowest BCUT2D eigenvalue weighted by atomic mass is 10.0. The first-order valence-corrected chi connectivity index (χ1v) is 7.44. The Bertz CT molecular complexity index is 604. The topological polar surface area (TPSA) is 37.8 Å². The minimum atomic E-state index is -0.242. The highest BCUT2D eigenvalue weighted by molar-refractivity contribution is 6.30. The summed E-state index contributed by atoms with van der Waals surface area (Å²) < 4.78 is 13.9. The first-order chi connectivity index (χ1) is 10.1. The van der Waals surface area contributed by atoms with Crippen molar-refractivity contribution in [2.75, 3.05) is 6.54 Å². The molecule has 0 aliphatic heterocycles. The maximum Gasteiger partial charge on any atom is 0.126 e. The summed E-state index contributed by atoms with van der Waals surface area (Å²) in [5.74, 6) is 0.468. The van der Waals surface area contributed by atoms with Crippen molar-refractivity contribution in [3.05, 3.63) is 58.4 Å². The molecule has 3 nitrogen and oxygen atoms in total. The molecule has 1 atom stereocenters. The fourth-order valence-corrected chi connectivity index (χ4v) is 2.38. The Kier molecular flexibility index (Phi) is 5.65. The molecule has 0 aliphatic rings. The number of rotatable bonds is 6. The van der Waals surface area contributed by atoms with Crippen molar-refractivity contribution >= 4 is 11.6 Å². The number of halogens is 2.